The van der Waals surface area contributed by atoms with Crippen LogP contribution in [0.1, 0.15) is 11.6 Å². The molecule has 0 aliphatic carbocycles. The zero-order valence-electron chi connectivity index (χ0n) is 12.4. The van der Waals surface area contributed by atoms with Gasteiger partial charge in [0.05, 0.1) is 30.7 Å². The van der Waals surface area contributed by atoms with E-state index in [2.05, 4.69) is 15.3 Å². The standard InChI is InChI=1S/C18H16ClN3O/c19-15-8-4-7-14(9-15)16-10-20-11-18(21-16)22-17(12-23)13-5-2-1-3-6-13/h1-11,17,23H,12H2,(H,21,22)/t17-/m0/s1. The van der Waals surface area contributed by atoms with Gasteiger partial charge < -0.3 is 10.4 Å². The van der Waals surface area contributed by atoms with E-state index in [1.54, 1.807) is 12.4 Å². The van der Waals surface area contributed by atoms with Gasteiger partial charge in [-0.05, 0) is 17.7 Å². The van der Waals surface area contributed by atoms with Crippen LogP contribution in [-0.4, -0.2) is 21.7 Å². The maximum Gasteiger partial charge on any atom is 0.145 e. The molecule has 0 fully saturated rings. The summed E-state index contributed by atoms with van der Waals surface area (Å²) in [6.45, 7) is -0.0346. The predicted molar refractivity (Wildman–Crippen MR) is 92.4 cm³/mol. The molecule has 23 heavy (non-hydrogen) atoms. The number of hydrogen-bond acceptors (Lipinski definition) is 4. The Bertz CT molecular complexity index is 780. The number of anilines is 1. The number of aliphatic hydroxyl groups excluding tert-OH is 1. The minimum absolute atomic E-state index is 0.0346. The summed E-state index contributed by atoms with van der Waals surface area (Å²) in [4.78, 5) is 8.78. The van der Waals surface area contributed by atoms with Crippen LogP contribution in [0, 0.1) is 0 Å². The van der Waals surface area contributed by atoms with Crippen molar-refractivity contribution < 1.29 is 5.11 Å². The van der Waals surface area contributed by atoms with Crippen molar-refractivity contribution in [2.75, 3.05) is 11.9 Å². The highest BCUT2D eigenvalue weighted by Gasteiger charge is 2.11. The maximum absolute atomic E-state index is 9.64. The van der Waals surface area contributed by atoms with Crippen LogP contribution in [0.4, 0.5) is 5.82 Å². The van der Waals surface area contributed by atoms with Crippen molar-refractivity contribution >= 4 is 17.4 Å². The SMILES string of the molecule is OC[C@H](Nc1cncc(-c2cccc(Cl)c2)n1)c1ccccc1. The van der Waals surface area contributed by atoms with E-state index in [1.807, 2.05) is 54.6 Å². The third-order valence-electron chi connectivity index (χ3n) is 3.46. The molecule has 3 rings (SSSR count). The van der Waals surface area contributed by atoms with Crippen LogP contribution in [0.5, 0.6) is 0 Å². The van der Waals surface area contributed by atoms with Crippen LogP contribution in [0.2, 0.25) is 5.02 Å². The van der Waals surface area contributed by atoms with Crippen molar-refractivity contribution in [3.05, 3.63) is 77.6 Å². The molecule has 116 valence electrons. The summed E-state index contributed by atoms with van der Waals surface area (Å²) < 4.78 is 0. The molecular formula is C18H16ClN3O. The summed E-state index contributed by atoms with van der Waals surface area (Å²) >= 11 is 6.02. The van der Waals surface area contributed by atoms with E-state index in [0.717, 1.165) is 16.8 Å². The number of aliphatic hydroxyl groups is 1. The highest BCUT2D eigenvalue weighted by atomic mass is 35.5. The lowest BCUT2D eigenvalue weighted by Gasteiger charge is -2.17. The molecule has 0 aliphatic rings. The first kappa shape index (κ1) is 15.5. The van der Waals surface area contributed by atoms with Crippen molar-refractivity contribution in [2.24, 2.45) is 0 Å². The van der Waals surface area contributed by atoms with E-state index < -0.39 is 0 Å². The smallest absolute Gasteiger partial charge is 0.145 e. The number of rotatable bonds is 5. The zero-order valence-corrected chi connectivity index (χ0v) is 13.1. The lowest BCUT2D eigenvalue weighted by molar-refractivity contribution is 0.276. The zero-order chi connectivity index (χ0) is 16.1. The third-order valence-corrected chi connectivity index (χ3v) is 3.70. The van der Waals surface area contributed by atoms with Crippen LogP contribution in [0.15, 0.2) is 67.0 Å². The molecule has 2 N–H and O–H groups in total. The largest absolute Gasteiger partial charge is 0.394 e. The molecule has 1 aromatic heterocycles. The van der Waals surface area contributed by atoms with Crippen LogP contribution in [0.3, 0.4) is 0 Å². The Balaban J connectivity index is 1.85. The molecule has 0 amide bonds. The van der Waals surface area contributed by atoms with Gasteiger partial charge in [0.1, 0.15) is 5.82 Å². The number of benzene rings is 2. The van der Waals surface area contributed by atoms with Gasteiger partial charge in [-0.15, -0.1) is 0 Å². The molecule has 5 heteroatoms. The molecule has 0 radical (unpaired) electrons. The van der Waals surface area contributed by atoms with E-state index in [4.69, 9.17) is 11.6 Å². The fourth-order valence-corrected chi connectivity index (χ4v) is 2.51. The van der Waals surface area contributed by atoms with E-state index in [9.17, 15) is 5.11 Å². The first-order valence-corrected chi connectivity index (χ1v) is 7.64. The highest BCUT2D eigenvalue weighted by Crippen LogP contribution is 2.23. The number of nitrogens with zero attached hydrogens (tertiary/aromatic N) is 2. The van der Waals surface area contributed by atoms with Crippen LogP contribution >= 0.6 is 11.6 Å². The second-order valence-corrected chi connectivity index (χ2v) is 5.53. The van der Waals surface area contributed by atoms with Crippen LogP contribution in [0.25, 0.3) is 11.3 Å². The Hall–Kier alpha value is -2.43. The summed E-state index contributed by atoms with van der Waals surface area (Å²) in [5.74, 6) is 0.602. The number of nitrogens with one attached hydrogen (secondary N) is 1. The van der Waals surface area contributed by atoms with Gasteiger partial charge in [-0.2, -0.15) is 0 Å². The van der Waals surface area contributed by atoms with Gasteiger partial charge in [0.25, 0.3) is 0 Å². The molecule has 1 atom stereocenters. The van der Waals surface area contributed by atoms with Gasteiger partial charge in [0, 0.05) is 10.6 Å². The minimum Gasteiger partial charge on any atom is -0.394 e. The van der Waals surface area contributed by atoms with Crippen molar-refractivity contribution in [3.8, 4) is 11.3 Å². The highest BCUT2D eigenvalue weighted by molar-refractivity contribution is 6.30. The quantitative estimate of drug-likeness (QED) is 0.746. The molecule has 4 nitrogen and oxygen atoms in total. The summed E-state index contributed by atoms with van der Waals surface area (Å²) in [7, 11) is 0. The second kappa shape index (κ2) is 7.22. The lowest BCUT2D eigenvalue weighted by atomic mass is 10.1. The second-order valence-electron chi connectivity index (χ2n) is 5.09. The first-order chi connectivity index (χ1) is 11.3. The van der Waals surface area contributed by atoms with Gasteiger partial charge in [-0.3, -0.25) is 4.98 Å². The van der Waals surface area contributed by atoms with E-state index in [0.29, 0.717) is 10.8 Å². The molecule has 0 spiro atoms. The number of hydrogen-bond donors (Lipinski definition) is 2. The monoisotopic (exact) mass is 325 g/mol. The van der Waals surface area contributed by atoms with E-state index in [1.165, 1.54) is 0 Å². The molecule has 0 bridgehead atoms. The average Bonchev–Trinajstić information content (AvgIpc) is 2.61. The van der Waals surface area contributed by atoms with Gasteiger partial charge in [0.2, 0.25) is 0 Å². The van der Waals surface area contributed by atoms with E-state index in [-0.39, 0.29) is 12.6 Å². The predicted octanol–water partition coefficient (Wildman–Crippen LogP) is 3.94. The Morgan fingerprint density at radius 3 is 2.61 bits per heavy atom. The topological polar surface area (TPSA) is 58.0 Å². The third kappa shape index (κ3) is 3.86. The van der Waals surface area contributed by atoms with Crippen molar-refractivity contribution in [3.63, 3.8) is 0 Å². The van der Waals surface area contributed by atoms with Crippen LogP contribution < -0.4 is 5.32 Å². The molecule has 0 unspecified atom stereocenters. The Labute approximate surface area is 139 Å². The normalized spacial score (nSPS) is 11.9. The molecule has 2 aromatic carbocycles. The average molecular weight is 326 g/mol. The Kier molecular flexibility index (Phi) is 4.86. The Morgan fingerprint density at radius 2 is 1.87 bits per heavy atom. The summed E-state index contributed by atoms with van der Waals surface area (Å²) in [5.41, 5.74) is 2.61. The summed E-state index contributed by atoms with van der Waals surface area (Å²) in [5, 5.41) is 13.5. The van der Waals surface area contributed by atoms with Crippen molar-refractivity contribution in [1.29, 1.82) is 0 Å². The molecule has 0 saturated heterocycles. The summed E-state index contributed by atoms with van der Waals surface area (Å²) in [6, 6.07) is 17.0. The van der Waals surface area contributed by atoms with Gasteiger partial charge >= 0.3 is 0 Å². The summed E-state index contributed by atoms with van der Waals surface area (Å²) in [6.07, 6.45) is 3.33. The van der Waals surface area contributed by atoms with Crippen LogP contribution in [-0.2, 0) is 0 Å². The lowest BCUT2D eigenvalue weighted by Crippen LogP contribution is -2.15. The molecule has 3 aromatic rings. The number of aromatic nitrogens is 2. The molecule has 0 aliphatic heterocycles. The molecule has 1 heterocycles. The Morgan fingerprint density at radius 1 is 1.04 bits per heavy atom. The fraction of sp³-hybridized carbons (Fsp3) is 0.111. The van der Waals surface area contributed by atoms with E-state index >= 15 is 0 Å². The van der Waals surface area contributed by atoms with Gasteiger partial charge in [-0.25, -0.2) is 4.98 Å². The molecule has 0 saturated carbocycles. The molecular weight excluding hydrogens is 310 g/mol. The van der Waals surface area contributed by atoms with Crippen molar-refractivity contribution in [2.45, 2.75) is 6.04 Å². The van der Waals surface area contributed by atoms with Gasteiger partial charge in [0.15, 0.2) is 0 Å². The van der Waals surface area contributed by atoms with Crippen molar-refractivity contribution in [1.82, 2.24) is 9.97 Å². The maximum atomic E-state index is 9.64. The fourth-order valence-electron chi connectivity index (χ4n) is 2.32. The minimum atomic E-state index is -0.236. The first-order valence-electron chi connectivity index (χ1n) is 7.26. The number of halogens is 1. The van der Waals surface area contributed by atoms with Gasteiger partial charge in [-0.1, -0.05) is 54.1 Å².